The van der Waals surface area contributed by atoms with Crippen LogP contribution in [0.3, 0.4) is 0 Å². The zero-order valence-electron chi connectivity index (χ0n) is 9.98. The van der Waals surface area contributed by atoms with Gasteiger partial charge in [-0.15, -0.1) is 0 Å². The second kappa shape index (κ2) is 4.29. The number of para-hydroxylation sites is 1. The van der Waals surface area contributed by atoms with Crippen LogP contribution in [-0.4, -0.2) is 33.5 Å². The molecule has 0 amide bonds. The minimum absolute atomic E-state index is 0.0215. The van der Waals surface area contributed by atoms with Crippen LogP contribution in [0.15, 0.2) is 41.3 Å². The minimum atomic E-state index is -4.53. The van der Waals surface area contributed by atoms with Gasteiger partial charge in [-0.05, 0) is 12.1 Å². The van der Waals surface area contributed by atoms with Crippen molar-refractivity contribution in [2.45, 2.75) is 4.90 Å². The Morgan fingerprint density at radius 2 is 1.75 bits per heavy atom. The van der Waals surface area contributed by atoms with Crippen molar-refractivity contribution in [1.29, 1.82) is 0 Å². The van der Waals surface area contributed by atoms with Crippen molar-refractivity contribution >= 4 is 21.2 Å². The Balaban J connectivity index is 2.45. The van der Waals surface area contributed by atoms with Crippen LogP contribution in [0.2, 0.25) is 0 Å². The Morgan fingerprint density at radius 1 is 1.00 bits per heavy atom. The van der Waals surface area contributed by atoms with E-state index < -0.39 is 10.1 Å². The van der Waals surface area contributed by atoms with E-state index in [-0.39, 0.29) is 27.3 Å². The van der Waals surface area contributed by atoms with E-state index in [4.69, 9.17) is 0 Å². The molecule has 0 saturated heterocycles. The van der Waals surface area contributed by atoms with Crippen LogP contribution in [0, 0.1) is 0 Å². The first-order chi connectivity index (χ1) is 9.48. The van der Waals surface area contributed by atoms with Gasteiger partial charge < -0.3 is 5.11 Å². The summed E-state index contributed by atoms with van der Waals surface area (Å²) in [6.45, 7) is 0. The quantitative estimate of drug-likeness (QED) is 0.617. The standard InChI is InChI=1S/C12H9N3O4S/c16-10-4-2-1-3-7(10)8-5-6-9-11(14-15-13-9)12(8)20(17,18)19/h1-6,16H,(H,13,14,15)(H,17,18,19). The number of aromatic amines is 1. The van der Waals surface area contributed by atoms with Crippen molar-refractivity contribution in [2.75, 3.05) is 0 Å². The highest BCUT2D eigenvalue weighted by Crippen LogP contribution is 2.36. The summed E-state index contributed by atoms with van der Waals surface area (Å²) in [5.74, 6) is -0.0970. The molecule has 8 heteroatoms. The Labute approximate surface area is 113 Å². The zero-order chi connectivity index (χ0) is 14.3. The van der Waals surface area contributed by atoms with Crippen LogP contribution < -0.4 is 0 Å². The number of aromatic hydroxyl groups is 1. The molecule has 0 unspecified atom stereocenters. The maximum Gasteiger partial charge on any atom is 0.297 e. The number of benzene rings is 2. The Hall–Kier alpha value is -2.45. The summed E-state index contributed by atoms with van der Waals surface area (Å²) in [6.07, 6.45) is 0. The molecule has 7 nitrogen and oxygen atoms in total. The molecular formula is C12H9N3O4S. The first-order valence-corrected chi connectivity index (χ1v) is 7.02. The van der Waals surface area contributed by atoms with Gasteiger partial charge in [-0.1, -0.05) is 24.3 Å². The third-order valence-corrected chi connectivity index (χ3v) is 3.82. The molecule has 102 valence electrons. The third-order valence-electron chi connectivity index (χ3n) is 2.89. The van der Waals surface area contributed by atoms with Crippen LogP contribution in [0.25, 0.3) is 22.2 Å². The molecule has 0 atom stereocenters. The van der Waals surface area contributed by atoms with Crippen molar-refractivity contribution in [3.63, 3.8) is 0 Å². The lowest BCUT2D eigenvalue weighted by Gasteiger charge is -2.09. The third kappa shape index (κ3) is 1.91. The zero-order valence-corrected chi connectivity index (χ0v) is 10.8. The summed E-state index contributed by atoms with van der Waals surface area (Å²) in [4.78, 5) is -0.384. The fourth-order valence-corrected chi connectivity index (χ4v) is 2.91. The average Bonchev–Trinajstić information content (AvgIpc) is 2.85. The number of nitrogens with one attached hydrogen (secondary N) is 1. The lowest BCUT2D eigenvalue weighted by Crippen LogP contribution is -2.02. The number of hydrogen-bond donors (Lipinski definition) is 3. The fraction of sp³-hybridized carbons (Fsp3) is 0. The monoisotopic (exact) mass is 291 g/mol. The second-order valence-corrected chi connectivity index (χ2v) is 5.48. The van der Waals surface area contributed by atoms with Gasteiger partial charge in [0, 0.05) is 11.1 Å². The van der Waals surface area contributed by atoms with Gasteiger partial charge in [0.2, 0.25) is 0 Å². The van der Waals surface area contributed by atoms with E-state index in [1.54, 1.807) is 24.3 Å². The van der Waals surface area contributed by atoms with Gasteiger partial charge in [-0.2, -0.15) is 23.8 Å². The van der Waals surface area contributed by atoms with Crippen LogP contribution in [0.5, 0.6) is 5.75 Å². The maximum absolute atomic E-state index is 11.6. The van der Waals surface area contributed by atoms with Gasteiger partial charge in [0.25, 0.3) is 10.1 Å². The van der Waals surface area contributed by atoms with E-state index in [2.05, 4.69) is 15.4 Å². The number of H-pyrrole nitrogens is 1. The van der Waals surface area contributed by atoms with E-state index in [1.807, 2.05) is 0 Å². The molecule has 3 rings (SSSR count). The molecular weight excluding hydrogens is 282 g/mol. The molecule has 3 aromatic rings. The molecule has 20 heavy (non-hydrogen) atoms. The van der Waals surface area contributed by atoms with Gasteiger partial charge in [0.1, 0.15) is 21.7 Å². The minimum Gasteiger partial charge on any atom is -0.507 e. The first-order valence-electron chi connectivity index (χ1n) is 5.58. The Bertz CT molecular complexity index is 902. The predicted octanol–water partition coefficient (Wildman–Crippen LogP) is 1.58. The molecule has 0 bridgehead atoms. The summed E-state index contributed by atoms with van der Waals surface area (Å²) < 4.78 is 32.7. The number of phenols is 1. The topological polar surface area (TPSA) is 116 Å². The molecule has 2 aromatic carbocycles. The molecule has 0 aliphatic heterocycles. The fourth-order valence-electron chi connectivity index (χ4n) is 2.06. The number of nitrogens with zero attached hydrogens (tertiary/aromatic N) is 2. The van der Waals surface area contributed by atoms with E-state index in [9.17, 15) is 18.1 Å². The van der Waals surface area contributed by atoms with Crippen molar-refractivity contribution in [3.05, 3.63) is 36.4 Å². The van der Waals surface area contributed by atoms with Gasteiger partial charge in [0.15, 0.2) is 0 Å². The molecule has 0 radical (unpaired) electrons. The Kier molecular flexibility index (Phi) is 2.70. The van der Waals surface area contributed by atoms with Crippen LogP contribution >= 0.6 is 0 Å². The molecule has 3 N–H and O–H groups in total. The molecule has 0 aliphatic carbocycles. The highest BCUT2D eigenvalue weighted by Gasteiger charge is 2.23. The van der Waals surface area contributed by atoms with Gasteiger partial charge in [-0.25, -0.2) is 0 Å². The van der Waals surface area contributed by atoms with Gasteiger partial charge in [0.05, 0.1) is 0 Å². The van der Waals surface area contributed by atoms with E-state index in [1.165, 1.54) is 12.1 Å². The number of aromatic nitrogens is 3. The summed E-state index contributed by atoms with van der Waals surface area (Å²) in [5.41, 5.74) is 0.766. The first kappa shape index (κ1) is 12.6. The largest absolute Gasteiger partial charge is 0.507 e. The number of fused-ring (bicyclic) bond motifs is 1. The normalized spacial score (nSPS) is 11.8. The highest BCUT2D eigenvalue weighted by atomic mass is 32.2. The predicted molar refractivity (Wildman–Crippen MR) is 70.8 cm³/mol. The number of phenolic OH excluding ortho intramolecular Hbond substituents is 1. The number of rotatable bonds is 2. The lowest BCUT2D eigenvalue weighted by molar-refractivity contribution is 0.477. The maximum atomic E-state index is 11.6. The average molecular weight is 291 g/mol. The lowest BCUT2D eigenvalue weighted by atomic mass is 10.0. The molecule has 0 fully saturated rings. The van der Waals surface area contributed by atoms with Crippen molar-refractivity contribution in [2.24, 2.45) is 0 Å². The molecule has 0 saturated carbocycles. The van der Waals surface area contributed by atoms with Crippen molar-refractivity contribution in [3.8, 4) is 16.9 Å². The van der Waals surface area contributed by atoms with E-state index >= 15 is 0 Å². The van der Waals surface area contributed by atoms with E-state index in [0.29, 0.717) is 5.52 Å². The molecule has 1 heterocycles. The molecule has 0 spiro atoms. The molecule has 0 aliphatic rings. The second-order valence-electron chi connectivity index (χ2n) is 4.13. The Morgan fingerprint density at radius 3 is 2.45 bits per heavy atom. The highest BCUT2D eigenvalue weighted by molar-refractivity contribution is 7.86. The van der Waals surface area contributed by atoms with Crippen molar-refractivity contribution in [1.82, 2.24) is 15.4 Å². The van der Waals surface area contributed by atoms with Crippen LogP contribution in [-0.2, 0) is 10.1 Å². The summed E-state index contributed by atoms with van der Waals surface area (Å²) in [6, 6.07) is 9.25. The summed E-state index contributed by atoms with van der Waals surface area (Å²) >= 11 is 0. The van der Waals surface area contributed by atoms with Crippen molar-refractivity contribution < 1.29 is 18.1 Å². The van der Waals surface area contributed by atoms with Gasteiger partial charge >= 0.3 is 0 Å². The number of hydrogen-bond acceptors (Lipinski definition) is 5. The molecule has 1 aromatic heterocycles. The SMILES string of the molecule is O=S(=O)(O)c1c(-c2ccccc2O)ccc2n[nH]nc12. The van der Waals surface area contributed by atoms with Crippen LogP contribution in [0.1, 0.15) is 0 Å². The summed E-state index contributed by atoms with van der Waals surface area (Å²) in [7, 11) is -4.53. The van der Waals surface area contributed by atoms with Crippen LogP contribution in [0.4, 0.5) is 0 Å². The summed E-state index contributed by atoms with van der Waals surface area (Å²) in [5, 5.41) is 19.7. The van der Waals surface area contributed by atoms with Gasteiger partial charge in [-0.3, -0.25) is 4.55 Å². The smallest absolute Gasteiger partial charge is 0.297 e. The van der Waals surface area contributed by atoms with E-state index in [0.717, 1.165) is 0 Å².